The molecule has 0 spiro atoms. The minimum atomic E-state index is -3.65. The Hall–Kier alpha value is -2.81. The van der Waals surface area contributed by atoms with E-state index in [1.165, 1.54) is 12.1 Å². The third-order valence-corrected chi connectivity index (χ3v) is 5.51. The summed E-state index contributed by atoms with van der Waals surface area (Å²) in [4.78, 5) is 23.7. The fraction of sp³-hybridized carbons (Fsp3) is 0.222. The summed E-state index contributed by atoms with van der Waals surface area (Å²) in [5, 5.41) is 2.31. The molecule has 0 aliphatic rings. The molecule has 0 aromatic heterocycles. The van der Waals surface area contributed by atoms with Gasteiger partial charge in [-0.2, -0.15) is 0 Å². The first-order valence-electron chi connectivity index (χ1n) is 7.99. The molecule has 1 atom stereocenters. The summed E-state index contributed by atoms with van der Waals surface area (Å²) in [6, 6.07) is 9.06. The van der Waals surface area contributed by atoms with Crippen molar-refractivity contribution in [2.45, 2.75) is 23.8 Å². The van der Waals surface area contributed by atoms with Crippen LogP contribution < -0.4 is 11.1 Å². The SMILES string of the molecule is NC(=O)[C@H](CCS(=O)(=O)c1ccccc1)NC(=O)Cc1cc(F)cc(F)c1. The van der Waals surface area contributed by atoms with Crippen LogP contribution in [-0.2, 0) is 25.8 Å². The molecular formula is C18H18F2N2O4S. The number of carbonyl (C=O) groups is 2. The molecule has 0 radical (unpaired) electrons. The molecule has 0 aliphatic heterocycles. The van der Waals surface area contributed by atoms with Gasteiger partial charge in [-0.05, 0) is 36.2 Å². The molecule has 3 N–H and O–H groups in total. The summed E-state index contributed by atoms with van der Waals surface area (Å²) in [5.74, 6) is -3.69. The molecule has 0 saturated carbocycles. The van der Waals surface area contributed by atoms with Crippen molar-refractivity contribution in [1.82, 2.24) is 5.32 Å². The molecule has 0 bridgehead atoms. The molecule has 9 heteroatoms. The molecule has 2 rings (SSSR count). The third-order valence-electron chi connectivity index (χ3n) is 3.74. The van der Waals surface area contributed by atoms with Crippen molar-refractivity contribution >= 4 is 21.7 Å². The summed E-state index contributed by atoms with van der Waals surface area (Å²) in [6.07, 6.45) is -0.611. The van der Waals surface area contributed by atoms with E-state index in [0.717, 1.165) is 12.1 Å². The van der Waals surface area contributed by atoms with E-state index < -0.39 is 45.1 Å². The third kappa shape index (κ3) is 6.14. The molecule has 144 valence electrons. The minimum absolute atomic E-state index is 0.0742. The second kappa shape index (κ2) is 8.72. The van der Waals surface area contributed by atoms with Crippen LogP contribution in [0.3, 0.4) is 0 Å². The molecule has 0 aliphatic carbocycles. The number of sulfone groups is 1. The zero-order valence-electron chi connectivity index (χ0n) is 14.2. The normalized spacial score (nSPS) is 12.4. The number of benzene rings is 2. The highest BCUT2D eigenvalue weighted by molar-refractivity contribution is 7.91. The number of hydrogen-bond acceptors (Lipinski definition) is 4. The minimum Gasteiger partial charge on any atom is -0.368 e. The van der Waals surface area contributed by atoms with Gasteiger partial charge in [0, 0.05) is 6.07 Å². The Labute approximate surface area is 155 Å². The van der Waals surface area contributed by atoms with E-state index in [2.05, 4.69) is 5.32 Å². The summed E-state index contributed by atoms with van der Waals surface area (Å²) in [6.45, 7) is 0. The van der Waals surface area contributed by atoms with Crippen LogP contribution >= 0.6 is 0 Å². The predicted octanol–water partition coefficient (Wildman–Crippen LogP) is 1.34. The van der Waals surface area contributed by atoms with E-state index in [9.17, 15) is 26.8 Å². The van der Waals surface area contributed by atoms with Crippen LogP contribution in [0.4, 0.5) is 8.78 Å². The number of halogens is 2. The quantitative estimate of drug-likeness (QED) is 0.702. The van der Waals surface area contributed by atoms with Gasteiger partial charge in [0.25, 0.3) is 0 Å². The maximum atomic E-state index is 13.2. The number of primary amides is 1. The van der Waals surface area contributed by atoms with Crippen molar-refractivity contribution in [3.05, 3.63) is 65.7 Å². The molecule has 2 aromatic carbocycles. The van der Waals surface area contributed by atoms with Crippen LogP contribution in [0.25, 0.3) is 0 Å². The van der Waals surface area contributed by atoms with Gasteiger partial charge in [-0.1, -0.05) is 18.2 Å². The monoisotopic (exact) mass is 396 g/mol. The Bertz CT molecular complexity index is 913. The predicted molar refractivity (Wildman–Crippen MR) is 94.3 cm³/mol. The van der Waals surface area contributed by atoms with Gasteiger partial charge in [0.05, 0.1) is 17.1 Å². The molecule has 6 nitrogen and oxygen atoms in total. The van der Waals surface area contributed by atoms with Crippen molar-refractivity contribution < 1.29 is 26.8 Å². The molecule has 2 amide bonds. The van der Waals surface area contributed by atoms with Crippen LogP contribution in [0, 0.1) is 11.6 Å². The lowest BCUT2D eigenvalue weighted by Gasteiger charge is -2.15. The van der Waals surface area contributed by atoms with Crippen LogP contribution in [0.1, 0.15) is 12.0 Å². The number of rotatable bonds is 8. The topological polar surface area (TPSA) is 106 Å². The Morgan fingerprint density at radius 2 is 1.63 bits per heavy atom. The van der Waals surface area contributed by atoms with Gasteiger partial charge in [0.2, 0.25) is 11.8 Å². The zero-order valence-corrected chi connectivity index (χ0v) is 15.0. The van der Waals surface area contributed by atoms with E-state index in [-0.39, 0.29) is 23.3 Å². The Morgan fingerprint density at radius 1 is 1.04 bits per heavy atom. The number of nitrogens with one attached hydrogen (secondary N) is 1. The van der Waals surface area contributed by atoms with Gasteiger partial charge >= 0.3 is 0 Å². The van der Waals surface area contributed by atoms with Crippen molar-refractivity contribution in [2.24, 2.45) is 5.73 Å². The highest BCUT2D eigenvalue weighted by atomic mass is 32.2. The van der Waals surface area contributed by atoms with Gasteiger partial charge in [-0.25, -0.2) is 17.2 Å². The maximum Gasteiger partial charge on any atom is 0.240 e. The molecule has 0 unspecified atom stereocenters. The fourth-order valence-electron chi connectivity index (χ4n) is 2.45. The van der Waals surface area contributed by atoms with Crippen molar-refractivity contribution in [2.75, 3.05) is 5.75 Å². The molecule has 0 fully saturated rings. The lowest BCUT2D eigenvalue weighted by atomic mass is 10.1. The largest absolute Gasteiger partial charge is 0.368 e. The lowest BCUT2D eigenvalue weighted by Crippen LogP contribution is -2.46. The average molecular weight is 396 g/mol. The Balaban J connectivity index is 2.01. The van der Waals surface area contributed by atoms with Gasteiger partial charge in [0.15, 0.2) is 9.84 Å². The first-order chi connectivity index (χ1) is 12.7. The van der Waals surface area contributed by atoms with Crippen LogP contribution in [0.2, 0.25) is 0 Å². The molecular weight excluding hydrogens is 378 g/mol. The molecule has 0 heterocycles. The second-order valence-electron chi connectivity index (χ2n) is 5.90. The molecule has 2 aromatic rings. The second-order valence-corrected chi connectivity index (χ2v) is 8.01. The van der Waals surface area contributed by atoms with E-state index in [0.29, 0.717) is 6.07 Å². The van der Waals surface area contributed by atoms with Gasteiger partial charge in [-0.15, -0.1) is 0 Å². The average Bonchev–Trinajstić information content (AvgIpc) is 2.58. The molecule has 27 heavy (non-hydrogen) atoms. The highest BCUT2D eigenvalue weighted by Crippen LogP contribution is 2.13. The number of carbonyl (C=O) groups excluding carboxylic acids is 2. The van der Waals surface area contributed by atoms with E-state index >= 15 is 0 Å². The summed E-state index contributed by atoms with van der Waals surface area (Å²) in [7, 11) is -3.65. The number of amides is 2. The van der Waals surface area contributed by atoms with Crippen molar-refractivity contribution in [3.8, 4) is 0 Å². The first-order valence-corrected chi connectivity index (χ1v) is 9.64. The molecule has 0 saturated heterocycles. The van der Waals surface area contributed by atoms with Crippen molar-refractivity contribution in [1.29, 1.82) is 0 Å². The fourth-order valence-corrected chi connectivity index (χ4v) is 3.80. The van der Waals surface area contributed by atoms with Gasteiger partial charge in [-0.3, -0.25) is 9.59 Å². The maximum absolute atomic E-state index is 13.2. The van der Waals surface area contributed by atoms with Crippen LogP contribution in [-0.4, -0.2) is 32.0 Å². The van der Waals surface area contributed by atoms with Gasteiger partial charge < -0.3 is 11.1 Å². The number of nitrogens with two attached hydrogens (primary N) is 1. The van der Waals surface area contributed by atoms with Gasteiger partial charge in [0.1, 0.15) is 17.7 Å². The highest BCUT2D eigenvalue weighted by Gasteiger charge is 2.23. The lowest BCUT2D eigenvalue weighted by molar-refractivity contribution is -0.127. The summed E-state index contributed by atoms with van der Waals surface area (Å²) >= 11 is 0. The summed E-state index contributed by atoms with van der Waals surface area (Å²) < 4.78 is 50.9. The van der Waals surface area contributed by atoms with Crippen LogP contribution in [0.15, 0.2) is 53.4 Å². The van der Waals surface area contributed by atoms with Crippen molar-refractivity contribution in [3.63, 3.8) is 0 Å². The number of hydrogen-bond donors (Lipinski definition) is 2. The first kappa shape index (κ1) is 20.5. The van der Waals surface area contributed by atoms with E-state index in [1.807, 2.05) is 0 Å². The van der Waals surface area contributed by atoms with Crippen LogP contribution in [0.5, 0.6) is 0 Å². The summed E-state index contributed by atoms with van der Waals surface area (Å²) in [5.41, 5.74) is 5.30. The van der Waals surface area contributed by atoms with E-state index in [1.54, 1.807) is 18.2 Å². The smallest absolute Gasteiger partial charge is 0.240 e. The Morgan fingerprint density at radius 3 is 2.19 bits per heavy atom. The van der Waals surface area contributed by atoms with E-state index in [4.69, 9.17) is 5.73 Å². The Kier molecular flexibility index (Phi) is 6.62. The standard InChI is InChI=1S/C18H18F2N2O4S/c19-13-8-12(9-14(20)11-13)10-17(23)22-16(18(21)24)6-7-27(25,26)15-4-2-1-3-5-15/h1-5,8-9,11,16H,6-7,10H2,(H2,21,24)(H,22,23)/t16-/m0/s1. The zero-order chi connectivity index (χ0) is 20.0.